The standard InChI is InChI=1S/C24H20N2O5/c27-22-20-10-12-25-14-21(20)23(28)26(22)13-11-18(24(29)30)15-31-19-8-6-17(7-9-19)16-4-2-1-3-5-16/h1-10,12,14,18H,11,13,15H2,(H,29,30). The lowest BCUT2D eigenvalue weighted by molar-refractivity contribution is -0.143. The first-order chi connectivity index (χ1) is 15.0. The second-order valence-electron chi connectivity index (χ2n) is 7.21. The maximum Gasteiger partial charge on any atom is 0.310 e. The van der Waals surface area contributed by atoms with Crippen LogP contribution in [0.3, 0.4) is 0 Å². The molecule has 0 saturated carbocycles. The van der Waals surface area contributed by atoms with E-state index in [0.717, 1.165) is 16.0 Å². The number of nitrogens with zero attached hydrogens (tertiary/aromatic N) is 2. The lowest BCUT2D eigenvalue weighted by Crippen LogP contribution is -2.34. The Hall–Kier alpha value is -4.00. The van der Waals surface area contributed by atoms with Crippen molar-refractivity contribution < 1.29 is 24.2 Å². The van der Waals surface area contributed by atoms with Gasteiger partial charge in [0.1, 0.15) is 12.4 Å². The molecule has 156 valence electrons. The van der Waals surface area contributed by atoms with Crippen LogP contribution in [0.4, 0.5) is 0 Å². The summed E-state index contributed by atoms with van der Waals surface area (Å²) in [6.45, 7) is -0.0651. The number of imide groups is 1. The van der Waals surface area contributed by atoms with Gasteiger partial charge in [0.25, 0.3) is 11.8 Å². The van der Waals surface area contributed by atoms with Crippen LogP contribution >= 0.6 is 0 Å². The molecule has 1 aromatic heterocycles. The molecule has 3 aromatic rings. The molecule has 0 aliphatic carbocycles. The lowest BCUT2D eigenvalue weighted by atomic mass is 10.1. The average Bonchev–Trinajstić information content (AvgIpc) is 3.04. The first-order valence-corrected chi connectivity index (χ1v) is 9.86. The maximum atomic E-state index is 12.4. The van der Waals surface area contributed by atoms with Crippen molar-refractivity contribution in [1.82, 2.24) is 9.88 Å². The fourth-order valence-electron chi connectivity index (χ4n) is 3.47. The Morgan fingerprint density at radius 2 is 1.61 bits per heavy atom. The van der Waals surface area contributed by atoms with E-state index in [9.17, 15) is 19.5 Å². The summed E-state index contributed by atoms with van der Waals surface area (Å²) in [4.78, 5) is 41.4. The van der Waals surface area contributed by atoms with Gasteiger partial charge in [-0.25, -0.2) is 0 Å². The lowest BCUT2D eigenvalue weighted by Gasteiger charge is -2.18. The highest BCUT2D eigenvalue weighted by Gasteiger charge is 2.36. The average molecular weight is 416 g/mol. The van der Waals surface area contributed by atoms with E-state index in [1.807, 2.05) is 42.5 Å². The molecule has 0 spiro atoms. The summed E-state index contributed by atoms with van der Waals surface area (Å²) in [7, 11) is 0. The molecule has 0 radical (unpaired) electrons. The van der Waals surface area contributed by atoms with Crippen molar-refractivity contribution in [2.45, 2.75) is 6.42 Å². The molecule has 4 rings (SSSR count). The number of carboxylic acid groups (broad SMARTS) is 1. The summed E-state index contributed by atoms with van der Waals surface area (Å²) in [5.41, 5.74) is 2.65. The number of aliphatic carboxylic acids is 1. The fraction of sp³-hybridized carbons (Fsp3) is 0.167. The van der Waals surface area contributed by atoms with Crippen LogP contribution in [0.1, 0.15) is 27.1 Å². The van der Waals surface area contributed by atoms with Crippen LogP contribution in [-0.2, 0) is 4.79 Å². The zero-order chi connectivity index (χ0) is 21.8. The Bertz CT molecular complexity index is 1080. The zero-order valence-electron chi connectivity index (χ0n) is 16.6. The maximum absolute atomic E-state index is 12.4. The molecular weight excluding hydrogens is 396 g/mol. The number of rotatable bonds is 8. The van der Waals surface area contributed by atoms with E-state index in [0.29, 0.717) is 11.3 Å². The molecule has 2 aromatic carbocycles. The molecule has 0 bridgehead atoms. The molecule has 2 heterocycles. The van der Waals surface area contributed by atoms with Crippen molar-refractivity contribution in [1.29, 1.82) is 0 Å². The molecular formula is C24H20N2O5. The Kier molecular flexibility index (Phi) is 5.75. The van der Waals surface area contributed by atoms with Gasteiger partial charge in [-0.15, -0.1) is 0 Å². The summed E-state index contributed by atoms with van der Waals surface area (Å²) >= 11 is 0. The first kappa shape index (κ1) is 20.3. The monoisotopic (exact) mass is 416 g/mol. The van der Waals surface area contributed by atoms with Gasteiger partial charge in [-0.2, -0.15) is 0 Å². The van der Waals surface area contributed by atoms with Crippen LogP contribution in [-0.4, -0.2) is 45.9 Å². The van der Waals surface area contributed by atoms with Crippen molar-refractivity contribution in [3.8, 4) is 16.9 Å². The number of carbonyl (C=O) groups excluding carboxylic acids is 2. The highest BCUT2D eigenvalue weighted by atomic mass is 16.5. The van der Waals surface area contributed by atoms with E-state index in [2.05, 4.69) is 4.98 Å². The first-order valence-electron chi connectivity index (χ1n) is 9.86. The van der Waals surface area contributed by atoms with Crippen molar-refractivity contribution in [3.05, 3.63) is 84.2 Å². The zero-order valence-corrected chi connectivity index (χ0v) is 16.6. The largest absolute Gasteiger partial charge is 0.493 e. The van der Waals surface area contributed by atoms with Crippen molar-refractivity contribution >= 4 is 17.8 Å². The smallest absolute Gasteiger partial charge is 0.310 e. The van der Waals surface area contributed by atoms with Crippen LogP contribution in [0.25, 0.3) is 11.1 Å². The van der Waals surface area contributed by atoms with Crippen LogP contribution in [0.2, 0.25) is 0 Å². The quantitative estimate of drug-likeness (QED) is 0.565. The van der Waals surface area contributed by atoms with Crippen LogP contribution < -0.4 is 4.74 Å². The van der Waals surface area contributed by atoms with Crippen LogP contribution in [0, 0.1) is 5.92 Å². The van der Waals surface area contributed by atoms with Crippen LogP contribution in [0.5, 0.6) is 5.75 Å². The van der Waals surface area contributed by atoms with Gasteiger partial charge in [0.2, 0.25) is 0 Å². The SMILES string of the molecule is O=C(O)C(CCN1C(=O)c2ccncc2C1=O)COc1ccc(-c2ccccc2)cc1. The molecule has 1 atom stereocenters. The van der Waals surface area contributed by atoms with Crippen LogP contribution in [0.15, 0.2) is 73.1 Å². The summed E-state index contributed by atoms with van der Waals surface area (Å²) in [5.74, 6) is -2.23. The molecule has 7 heteroatoms. The molecule has 7 nitrogen and oxygen atoms in total. The minimum atomic E-state index is -1.04. The van der Waals surface area contributed by atoms with Gasteiger partial charge in [0.05, 0.1) is 17.0 Å². The van der Waals surface area contributed by atoms with Gasteiger partial charge in [-0.3, -0.25) is 24.3 Å². The third kappa shape index (κ3) is 4.30. The molecule has 31 heavy (non-hydrogen) atoms. The molecule has 1 aliphatic rings. The van der Waals surface area contributed by atoms with E-state index in [1.165, 1.54) is 18.5 Å². The van der Waals surface area contributed by atoms with Gasteiger partial charge < -0.3 is 9.84 Å². The number of aromatic nitrogens is 1. The predicted octanol–water partition coefficient (Wildman–Crippen LogP) is 3.51. The molecule has 1 N–H and O–H groups in total. The number of benzene rings is 2. The summed E-state index contributed by atoms with van der Waals surface area (Å²) in [5, 5.41) is 9.54. The fourth-order valence-corrected chi connectivity index (χ4v) is 3.47. The second-order valence-corrected chi connectivity index (χ2v) is 7.21. The van der Waals surface area contributed by atoms with Crippen molar-refractivity contribution in [2.75, 3.05) is 13.2 Å². The van der Waals surface area contributed by atoms with E-state index in [4.69, 9.17) is 4.74 Å². The van der Waals surface area contributed by atoms with Gasteiger partial charge in [0, 0.05) is 18.9 Å². The Morgan fingerprint density at radius 1 is 0.935 bits per heavy atom. The predicted molar refractivity (Wildman–Crippen MR) is 113 cm³/mol. The minimum Gasteiger partial charge on any atom is -0.493 e. The highest BCUT2D eigenvalue weighted by molar-refractivity contribution is 6.21. The van der Waals surface area contributed by atoms with E-state index < -0.39 is 23.7 Å². The van der Waals surface area contributed by atoms with Gasteiger partial charge >= 0.3 is 5.97 Å². The molecule has 1 unspecified atom stereocenters. The van der Waals surface area contributed by atoms with Gasteiger partial charge in [-0.1, -0.05) is 42.5 Å². The topological polar surface area (TPSA) is 96.8 Å². The van der Waals surface area contributed by atoms with Crippen molar-refractivity contribution in [3.63, 3.8) is 0 Å². The van der Waals surface area contributed by atoms with E-state index in [-0.39, 0.29) is 25.1 Å². The Labute approximate surface area is 178 Å². The summed E-state index contributed by atoms with van der Waals surface area (Å²) in [6.07, 6.45) is 2.90. The Balaban J connectivity index is 1.35. The highest BCUT2D eigenvalue weighted by Crippen LogP contribution is 2.24. The number of pyridine rings is 1. The third-order valence-corrected chi connectivity index (χ3v) is 5.24. The molecule has 0 saturated heterocycles. The number of ether oxygens (including phenoxy) is 1. The minimum absolute atomic E-state index is 0.000379. The van der Waals surface area contributed by atoms with E-state index in [1.54, 1.807) is 12.1 Å². The number of hydrogen-bond donors (Lipinski definition) is 1. The number of hydrogen-bond acceptors (Lipinski definition) is 5. The summed E-state index contributed by atoms with van der Waals surface area (Å²) < 4.78 is 5.67. The number of fused-ring (bicyclic) bond motifs is 1. The third-order valence-electron chi connectivity index (χ3n) is 5.24. The Morgan fingerprint density at radius 3 is 2.29 bits per heavy atom. The normalized spacial score (nSPS) is 13.7. The van der Waals surface area contributed by atoms with Gasteiger partial charge in [-0.05, 0) is 35.7 Å². The van der Waals surface area contributed by atoms with Gasteiger partial charge in [0.15, 0.2) is 0 Å². The van der Waals surface area contributed by atoms with Crippen molar-refractivity contribution in [2.24, 2.45) is 5.92 Å². The second kappa shape index (κ2) is 8.79. The number of carbonyl (C=O) groups is 3. The molecule has 2 amide bonds. The number of amides is 2. The molecule has 1 aliphatic heterocycles. The summed E-state index contributed by atoms with van der Waals surface area (Å²) in [6, 6.07) is 18.8. The molecule has 0 fully saturated rings. The number of carboxylic acids is 1. The van der Waals surface area contributed by atoms with E-state index >= 15 is 0 Å².